The maximum Gasteiger partial charge on any atom is 0.00852 e. The third-order valence-electron chi connectivity index (χ3n) is 2.35. The lowest BCUT2D eigenvalue weighted by Crippen LogP contribution is -2.38. The van der Waals surface area contributed by atoms with Crippen LogP contribution in [0.5, 0.6) is 0 Å². The summed E-state index contributed by atoms with van der Waals surface area (Å²) in [5, 5.41) is 3.66. The van der Waals surface area contributed by atoms with Gasteiger partial charge >= 0.3 is 0 Å². The van der Waals surface area contributed by atoms with Crippen molar-refractivity contribution in [2.75, 3.05) is 11.5 Å². The van der Waals surface area contributed by atoms with Gasteiger partial charge in [-0.15, -0.1) is 0 Å². The maximum absolute atomic E-state index is 3.66. The van der Waals surface area contributed by atoms with Crippen LogP contribution in [0.3, 0.4) is 0 Å². The van der Waals surface area contributed by atoms with Gasteiger partial charge < -0.3 is 5.32 Å². The molecule has 1 rings (SSSR count). The minimum absolute atomic E-state index is 0.711. The Morgan fingerprint density at radius 3 is 2.64 bits per heavy atom. The number of rotatable bonds is 3. The molecule has 0 aromatic rings. The van der Waals surface area contributed by atoms with Gasteiger partial charge in [-0.3, -0.25) is 0 Å². The smallest absolute Gasteiger partial charge is 0.00852 e. The van der Waals surface area contributed by atoms with Gasteiger partial charge in [0.15, 0.2) is 0 Å². The highest BCUT2D eigenvalue weighted by Crippen LogP contribution is 2.17. The van der Waals surface area contributed by atoms with E-state index in [-0.39, 0.29) is 0 Å². The van der Waals surface area contributed by atoms with E-state index in [0.29, 0.717) is 6.04 Å². The van der Waals surface area contributed by atoms with Crippen LogP contribution in [0, 0.1) is 0 Å². The van der Waals surface area contributed by atoms with E-state index in [0.717, 1.165) is 6.04 Å². The second-order valence-electron chi connectivity index (χ2n) is 3.36. The molecule has 0 amide bonds. The Labute approximate surface area is 74.3 Å². The molecule has 1 aliphatic rings. The van der Waals surface area contributed by atoms with E-state index in [2.05, 4.69) is 30.9 Å². The minimum Gasteiger partial charge on any atom is -0.311 e. The third-order valence-corrected chi connectivity index (χ3v) is 3.40. The summed E-state index contributed by atoms with van der Waals surface area (Å²) in [6.07, 6.45) is 3.99. The summed E-state index contributed by atoms with van der Waals surface area (Å²) in [4.78, 5) is 0. The van der Waals surface area contributed by atoms with Gasteiger partial charge in [0, 0.05) is 12.1 Å². The number of hydrogen-bond acceptors (Lipinski definition) is 2. The summed E-state index contributed by atoms with van der Waals surface area (Å²) in [6.45, 7) is 4.52. The Balaban J connectivity index is 2.13. The van der Waals surface area contributed by atoms with Crippen molar-refractivity contribution in [2.24, 2.45) is 0 Å². The molecular weight excluding hydrogens is 154 g/mol. The van der Waals surface area contributed by atoms with Crippen LogP contribution in [-0.2, 0) is 0 Å². The van der Waals surface area contributed by atoms with Gasteiger partial charge in [-0.1, -0.05) is 6.92 Å². The summed E-state index contributed by atoms with van der Waals surface area (Å²) < 4.78 is 0. The molecular formula is C9H19NS. The molecule has 1 nitrogen and oxygen atoms in total. The number of nitrogens with one attached hydrogen (secondary N) is 1. The van der Waals surface area contributed by atoms with Gasteiger partial charge in [-0.05, 0) is 37.7 Å². The van der Waals surface area contributed by atoms with Crippen LogP contribution in [0.1, 0.15) is 33.1 Å². The number of hydrogen-bond donors (Lipinski definition) is 1. The fourth-order valence-electron chi connectivity index (χ4n) is 1.38. The van der Waals surface area contributed by atoms with Gasteiger partial charge in [-0.25, -0.2) is 0 Å². The van der Waals surface area contributed by atoms with Crippen LogP contribution in [-0.4, -0.2) is 23.6 Å². The van der Waals surface area contributed by atoms with E-state index in [9.17, 15) is 0 Å². The Kier molecular flexibility index (Phi) is 4.31. The average Bonchev–Trinajstić information content (AvgIpc) is 2.06. The zero-order valence-corrected chi connectivity index (χ0v) is 8.41. The van der Waals surface area contributed by atoms with Gasteiger partial charge in [0.05, 0.1) is 0 Å². The van der Waals surface area contributed by atoms with Gasteiger partial charge in [-0.2, -0.15) is 11.8 Å². The van der Waals surface area contributed by atoms with Crippen molar-refractivity contribution in [2.45, 2.75) is 45.2 Å². The molecule has 0 unspecified atom stereocenters. The Morgan fingerprint density at radius 2 is 2.09 bits per heavy atom. The van der Waals surface area contributed by atoms with E-state index in [4.69, 9.17) is 0 Å². The molecule has 11 heavy (non-hydrogen) atoms. The first-order valence-corrected chi connectivity index (χ1v) is 5.82. The van der Waals surface area contributed by atoms with Crippen LogP contribution in [0.2, 0.25) is 0 Å². The molecule has 0 aliphatic carbocycles. The molecule has 2 heteroatoms. The Bertz CT molecular complexity index is 99.7. The monoisotopic (exact) mass is 173 g/mol. The lowest BCUT2D eigenvalue weighted by molar-refractivity contribution is 0.416. The van der Waals surface area contributed by atoms with Crippen LogP contribution in [0.15, 0.2) is 0 Å². The second-order valence-corrected chi connectivity index (χ2v) is 4.59. The topological polar surface area (TPSA) is 12.0 Å². The summed E-state index contributed by atoms with van der Waals surface area (Å²) >= 11 is 2.09. The van der Waals surface area contributed by atoms with Crippen molar-refractivity contribution in [3.05, 3.63) is 0 Å². The third kappa shape index (κ3) is 3.48. The summed E-state index contributed by atoms with van der Waals surface area (Å²) in [6, 6.07) is 1.52. The second kappa shape index (κ2) is 5.04. The zero-order valence-electron chi connectivity index (χ0n) is 7.60. The molecule has 0 aromatic carbocycles. The summed E-state index contributed by atoms with van der Waals surface area (Å²) in [5.41, 5.74) is 0. The quantitative estimate of drug-likeness (QED) is 0.702. The molecule has 0 aromatic heterocycles. The molecule has 0 radical (unpaired) electrons. The van der Waals surface area contributed by atoms with Crippen molar-refractivity contribution in [1.82, 2.24) is 5.32 Å². The fourth-order valence-corrected chi connectivity index (χ4v) is 2.49. The predicted molar refractivity (Wildman–Crippen MR) is 53.2 cm³/mol. The highest BCUT2D eigenvalue weighted by molar-refractivity contribution is 7.99. The van der Waals surface area contributed by atoms with Crippen LogP contribution >= 0.6 is 11.8 Å². The summed E-state index contributed by atoms with van der Waals surface area (Å²) in [5.74, 6) is 2.71. The lowest BCUT2D eigenvalue weighted by atomic mass is 10.1. The first-order valence-electron chi connectivity index (χ1n) is 4.66. The van der Waals surface area contributed by atoms with Crippen molar-refractivity contribution < 1.29 is 0 Å². The fraction of sp³-hybridized carbons (Fsp3) is 1.00. The van der Waals surface area contributed by atoms with Crippen molar-refractivity contribution >= 4 is 11.8 Å². The molecule has 0 bridgehead atoms. The predicted octanol–water partition coefficient (Wildman–Crippen LogP) is 2.27. The molecule has 1 N–H and O–H groups in total. The highest BCUT2D eigenvalue weighted by Gasteiger charge is 2.14. The van der Waals surface area contributed by atoms with Crippen LogP contribution < -0.4 is 5.32 Å². The average molecular weight is 173 g/mol. The Hall–Kier alpha value is 0.310. The van der Waals surface area contributed by atoms with E-state index in [1.807, 2.05) is 0 Å². The van der Waals surface area contributed by atoms with Crippen molar-refractivity contribution in [1.29, 1.82) is 0 Å². The van der Waals surface area contributed by atoms with E-state index in [1.165, 1.54) is 30.8 Å². The normalized spacial score (nSPS) is 23.5. The zero-order chi connectivity index (χ0) is 8.10. The van der Waals surface area contributed by atoms with E-state index < -0.39 is 0 Å². The molecule has 1 heterocycles. The molecule has 1 fully saturated rings. The van der Waals surface area contributed by atoms with Crippen LogP contribution in [0.4, 0.5) is 0 Å². The SMILES string of the molecule is CC[C@H](C)NC1CCSCC1. The highest BCUT2D eigenvalue weighted by atomic mass is 32.2. The van der Waals surface area contributed by atoms with Crippen molar-refractivity contribution in [3.8, 4) is 0 Å². The lowest BCUT2D eigenvalue weighted by Gasteiger charge is -2.25. The van der Waals surface area contributed by atoms with E-state index in [1.54, 1.807) is 0 Å². The number of thioether (sulfide) groups is 1. The van der Waals surface area contributed by atoms with Gasteiger partial charge in [0.25, 0.3) is 0 Å². The molecule has 66 valence electrons. The first-order chi connectivity index (χ1) is 5.33. The largest absolute Gasteiger partial charge is 0.311 e. The molecule has 1 atom stereocenters. The standard InChI is InChI=1S/C9H19NS/c1-3-8(2)10-9-4-6-11-7-5-9/h8-10H,3-7H2,1-2H3/t8-/m0/s1. The Morgan fingerprint density at radius 1 is 1.45 bits per heavy atom. The van der Waals surface area contributed by atoms with Crippen molar-refractivity contribution in [3.63, 3.8) is 0 Å². The first kappa shape index (κ1) is 9.40. The summed E-state index contributed by atoms with van der Waals surface area (Å²) in [7, 11) is 0. The molecule has 1 aliphatic heterocycles. The minimum atomic E-state index is 0.711. The van der Waals surface area contributed by atoms with Gasteiger partial charge in [0.1, 0.15) is 0 Å². The molecule has 0 spiro atoms. The van der Waals surface area contributed by atoms with E-state index >= 15 is 0 Å². The maximum atomic E-state index is 3.66. The van der Waals surface area contributed by atoms with Gasteiger partial charge in [0.2, 0.25) is 0 Å². The molecule has 0 saturated carbocycles. The molecule has 1 saturated heterocycles. The van der Waals surface area contributed by atoms with Crippen LogP contribution in [0.25, 0.3) is 0 Å².